The second-order valence-corrected chi connectivity index (χ2v) is 8.88. The van der Waals surface area contributed by atoms with Crippen molar-refractivity contribution in [3.8, 4) is 28.4 Å². The van der Waals surface area contributed by atoms with E-state index in [0.29, 0.717) is 45.5 Å². The molecule has 1 amide bonds. The highest BCUT2D eigenvalue weighted by Gasteiger charge is 2.21. The number of hydrazone groups is 1. The minimum atomic E-state index is -0.648. The number of aromatic nitrogens is 1. The van der Waals surface area contributed by atoms with Crippen molar-refractivity contribution >= 4 is 40.6 Å². The Kier molecular flexibility index (Phi) is 7.84. The van der Waals surface area contributed by atoms with E-state index in [-0.39, 0.29) is 11.5 Å². The zero-order valence-electron chi connectivity index (χ0n) is 21.6. The van der Waals surface area contributed by atoms with Gasteiger partial charge in [0.25, 0.3) is 5.91 Å². The molecule has 10 heteroatoms. The van der Waals surface area contributed by atoms with Crippen molar-refractivity contribution < 1.29 is 28.2 Å². The number of hydrogen-bond donors (Lipinski definition) is 2. The molecule has 40 heavy (non-hydrogen) atoms. The first-order chi connectivity index (χ1) is 19.5. The standard InChI is InChI=1S/C30H24ClN3O6/c1-3-38-26-15-18(10-13-24(26)40-30(36)25-9-6-14-39-25)17-32-34-29(35)28-27(20-7-4-5-8-22(20)31)21-16-19(37-2)11-12-23(21)33-28/h4-17,33H,3H2,1-2H3,(H,34,35). The average molecular weight is 558 g/mol. The van der Waals surface area contributed by atoms with Crippen LogP contribution in [0, 0.1) is 0 Å². The van der Waals surface area contributed by atoms with Crippen molar-refractivity contribution in [3.63, 3.8) is 0 Å². The molecule has 3 aromatic carbocycles. The van der Waals surface area contributed by atoms with E-state index in [9.17, 15) is 9.59 Å². The molecule has 0 radical (unpaired) electrons. The van der Waals surface area contributed by atoms with Crippen LogP contribution in [-0.2, 0) is 0 Å². The van der Waals surface area contributed by atoms with Gasteiger partial charge in [0.2, 0.25) is 5.76 Å². The predicted molar refractivity (Wildman–Crippen MR) is 152 cm³/mol. The van der Waals surface area contributed by atoms with E-state index in [4.69, 9.17) is 30.2 Å². The number of aromatic amines is 1. The maximum absolute atomic E-state index is 13.3. The summed E-state index contributed by atoms with van der Waals surface area (Å²) in [5.41, 5.74) is 5.54. The molecule has 0 saturated heterocycles. The Morgan fingerprint density at radius 2 is 1.90 bits per heavy atom. The number of methoxy groups -OCH3 is 1. The van der Waals surface area contributed by atoms with Gasteiger partial charge >= 0.3 is 5.97 Å². The van der Waals surface area contributed by atoms with Gasteiger partial charge in [-0.2, -0.15) is 5.10 Å². The summed E-state index contributed by atoms with van der Waals surface area (Å²) < 4.78 is 21.5. The largest absolute Gasteiger partial charge is 0.497 e. The van der Waals surface area contributed by atoms with Gasteiger partial charge in [0, 0.05) is 27.1 Å². The molecular weight excluding hydrogens is 534 g/mol. The first kappa shape index (κ1) is 26.6. The zero-order chi connectivity index (χ0) is 28.1. The molecule has 2 aromatic heterocycles. The minimum absolute atomic E-state index is 0.0716. The predicted octanol–water partition coefficient (Wildman–Crippen LogP) is 6.47. The highest BCUT2D eigenvalue weighted by atomic mass is 35.5. The summed E-state index contributed by atoms with van der Waals surface area (Å²) in [6, 6.07) is 20.8. The maximum atomic E-state index is 13.3. The summed E-state index contributed by atoms with van der Waals surface area (Å²) in [5.74, 6) is 0.168. The van der Waals surface area contributed by atoms with Gasteiger partial charge < -0.3 is 23.6 Å². The van der Waals surface area contributed by atoms with Crippen LogP contribution in [0.1, 0.15) is 33.5 Å². The second kappa shape index (κ2) is 11.8. The fraction of sp³-hybridized carbons (Fsp3) is 0.100. The fourth-order valence-corrected chi connectivity index (χ4v) is 4.37. The summed E-state index contributed by atoms with van der Waals surface area (Å²) >= 11 is 6.51. The molecular formula is C30H24ClN3O6. The van der Waals surface area contributed by atoms with Crippen LogP contribution < -0.4 is 19.6 Å². The molecule has 202 valence electrons. The highest BCUT2D eigenvalue weighted by molar-refractivity contribution is 6.34. The topological polar surface area (TPSA) is 115 Å². The number of H-pyrrole nitrogens is 1. The van der Waals surface area contributed by atoms with E-state index < -0.39 is 11.9 Å². The van der Waals surface area contributed by atoms with Crippen molar-refractivity contribution in [1.29, 1.82) is 0 Å². The number of esters is 1. The first-order valence-electron chi connectivity index (χ1n) is 12.3. The van der Waals surface area contributed by atoms with E-state index in [2.05, 4.69) is 15.5 Å². The number of benzene rings is 3. The lowest BCUT2D eigenvalue weighted by molar-refractivity contribution is 0.0695. The van der Waals surface area contributed by atoms with Gasteiger partial charge in [0.05, 0.1) is 26.2 Å². The third-order valence-corrected chi connectivity index (χ3v) is 6.28. The molecule has 0 aliphatic rings. The molecule has 0 aliphatic carbocycles. The molecule has 0 saturated carbocycles. The number of furan rings is 1. The van der Waals surface area contributed by atoms with Gasteiger partial charge in [-0.15, -0.1) is 0 Å². The Bertz CT molecular complexity index is 1710. The van der Waals surface area contributed by atoms with Crippen molar-refractivity contribution in [2.45, 2.75) is 6.92 Å². The molecule has 0 unspecified atom stereocenters. The lowest BCUT2D eigenvalue weighted by atomic mass is 10.0. The number of halogens is 1. The average Bonchev–Trinajstić information content (AvgIpc) is 3.63. The third-order valence-electron chi connectivity index (χ3n) is 5.95. The number of nitrogens with one attached hydrogen (secondary N) is 2. The van der Waals surface area contributed by atoms with Crippen LogP contribution in [0.5, 0.6) is 17.2 Å². The van der Waals surface area contributed by atoms with Gasteiger partial charge in [0.15, 0.2) is 11.5 Å². The molecule has 2 heterocycles. The molecule has 0 bridgehead atoms. The second-order valence-electron chi connectivity index (χ2n) is 8.47. The summed E-state index contributed by atoms with van der Waals surface area (Å²) in [7, 11) is 1.58. The van der Waals surface area contributed by atoms with E-state index >= 15 is 0 Å². The van der Waals surface area contributed by atoms with E-state index in [1.165, 1.54) is 18.5 Å². The van der Waals surface area contributed by atoms with Gasteiger partial charge in [0.1, 0.15) is 11.4 Å². The Hall–Kier alpha value is -5.02. The van der Waals surface area contributed by atoms with Gasteiger partial charge in [-0.1, -0.05) is 29.8 Å². The van der Waals surface area contributed by atoms with E-state index in [1.807, 2.05) is 37.3 Å². The molecule has 0 fully saturated rings. The SMILES string of the molecule is CCOc1cc(C=NNC(=O)c2[nH]c3ccc(OC)cc3c2-c2ccccc2Cl)ccc1OC(=O)c1ccco1. The number of amides is 1. The molecule has 5 aromatic rings. The van der Waals surface area contributed by atoms with Gasteiger partial charge in [-0.25, -0.2) is 10.2 Å². The molecule has 9 nitrogen and oxygen atoms in total. The Balaban J connectivity index is 1.40. The summed E-state index contributed by atoms with van der Waals surface area (Å²) in [6.45, 7) is 2.16. The number of nitrogens with zero attached hydrogens (tertiary/aromatic N) is 1. The monoisotopic (exact) mass is 557 g/mol. The summed E-state index contributed by atoms with van der Waals surface area (Å²) in [6.07, 6.45) is 2.84. The van der Waals surface area contributed by atoms with Crippen LogP contribution in [0.25, 0.3) is 22.0 Å². The molecule has 0 spiro atoms. The Morgan fingerprint density at radius 1 is 1.05 bits per heavy atom. The summed E-state index contributed by atoms with van der Waals surface area (Å²) in [5, 5.41) is 5.41. The molecule has 0 atom stereocenters. The molecule has 2 N–H and O–H groups in total. The molecule has 5 rings (SSSR count). The molecule has 0 aliphatic heterocycles. The number of fused-ring (bicyclic) bond motifs is 1. The van der Waals surface area contributed by atoms with Crippen molar-refractivity contribution in [2.75, 3.05) is 13.7 Å². The van der Waals surface area contributed by atoms with Crippen LogP contribution >= 0.6 is 11.6 Å². The van der Waals surface area contributed by atoms with Crippen molar-refractivity contribution in [2.24, 2.45) is 5.10 Å². The lowest BCUT2D eigenvalue weighted by Crippen LogP contribution is -2.19. The summed E-state index contributed by atoms with van der Waals surface area (Å²) in [4.78, 5) is 28.8. The minimum Gasteiger partial charge on any atom is -0.497 e. The van der Waals surface area contributed by atoms with Crippen LogP contribution in [0.3, 0.4) is 0 Å². The van der Waals surface area contributed by atoms with Crippen LogP contribution in [0.15, 0.2) is 88.6 Å². The van der Waals surface area contributed by atoms with Gasteiger partial charge in [-0.3, -0.25) is 4.79 Å². The number of carbonyl (C=O) groups excluding carboxylic acids is 2. The number of ether oxygens (including phenoxy) is 3. The Labute approximate surface area is 234 Å². The van der Waals surface area contributed by atoms with Crippen LogP contribution in [-0.4, -0.2) is 36.8 Å². The third kappa shape index (κ3) is 5.55. The number of carbonyl (C=O) groups is 2. The highest BCUT2D eigenvalue weighted by Crippen LogP contribution is 2.38. The van der Waals surface area contributed by atoms with E-state index in [1.54, 1.807) is 43.5 Å². The maximum Gasteiger partial charge on any atom is 0.379 e. The van der Waals surface area contributed by atoms with Crippen molar-refractivity contribution in [3.05, 3.63) is 101 Å². The van der Waals surface area contributed by atoms with Gasteiger partial charge in [-0.05, 0) is 67.1 Å². The van der Waals surface area contributed by atoms with E-state index in [0.717, 1.165) is 10.9 Å². The first-order valence-corrected chi connectivity index (χ1v) is 12.7. The van der Waals surface area contributed by atoms with Crippen LogP contribution in [0.4, 0.5) is 0 Å². The fourth-order valence-electron chi connectivity index (χ4n) is 4.14. The normalized spacial score (nSPS) is 11.1. The van der Waals surface area contributed by atoms with Crippen LogP contribution in [0.2, 0.25) is 5.02 Å². The number of hydrogen-bond acceptors (Lipinski definition) is 7. The number of rotatable bonds is 9. The quantitative estimate of drug-likeness (QED) is 0.0928. The smallest absolute Gasteiger partial charge is 0.379 e. The Morgan fingerprint density at radius 3 is 2.65 bits per heavy atom. The zero-order valence-corrected chi connectivity index (χ0v) is 22.3. The van der Waals surface area contributed by atoms with Crippen molar-refractivity contribution in [1.82, 2.24) is 10.4 Å². The lowest BCUT2D eigenvalue weighted by Gasteiger charge is -2.10.